The standard InChI is InChI=1S/C21H21FN2O4/c1-21(20(27)28,16-7-9-17(22)10-8-16)23-19(26)15-11-18(25)24(13-15)12-14-5-3-2-4-6-14/h2-10,15H,11-13H2,1H3,(H,23,26)(H,27,28). The van der Waals surface area contributed by atoms with Gasteiger partial charge in [-0.25, -0.2) is 9.18 Å². The first-order valence-corrected chi connectivity index (χ1v) is 8.93. The van der Waals surface area contributed by atoms with E-state index in [-0.39, 0.29) is 24.4 Å². The van der Waals surface area contributed by atoms with Crippen LogP contribution in [0.5, 0.6) is 0 Å². The molecule has 0 saturated carbocycles. The molecule has 146 valence electrons. The summed E-state index contributed by atoms with van der Waals surface area (Å²) < 4.78 is 13.2. The normalized spacial score (nSPS) is 18.6. The molecule has 0 bridgehead atoms. The minimum atomic E-state index is -1.72. The SMILES string of the molecule is CC(NC(=O)C1CC(=O)N(Cc2ccccc2)C1)(C(=O)O)c1ccc(F)cc1. The van der Waals surface area contributed by atoms with Crippen LogP contribution in [0.4, 0.5) is 4.39 Å². The van der Waals surface area contributed by atoms with Gasteiger partial charge in [0.05, 0.1) is 5.92 Å². The number of carboxylic acid groups (broad SMARTS) is 1. The molecule has 0 spiro atoms. The van der Waals surface area contributed by atoms with Crippen LogP contribution in [0.2, 0.25) is 0 Å². The minimum absolute atomic E-state index is 0.0256. The first kappa shape index (κ1) is 19.5. The number of carbonyl (C=O) groups excluding carboxylic acids is 2. The average molecular weight is 384 g/mol. The van der Waals surface area contributed by atoms with E-state index in [0.29, 0.717) is 6.54 Å². The lowest BCUT2D eigenvalue weighted by atomic mass is 9.91. The zero-order chi connectivity index (χ0) is 20.3. The quantitative estimate of drug-likeness (QED) is 0.800. The lowest BCUT2D eigenvalue weighted by Gasteiger charge is -2.28. The Kier molecular flexibility index (Phi) is 5.44. The van der Waals surface area contributed by atoms with Crippen molar-refractivity contribution in [3.05, 3.63) is 71.5 Å². The van der Waals surface area contributed by atoms with Gasteiger partial charge in [-0.15, -0.1) is 0 Å². The van der Waals surface area contributed by atoms with E-state index in [1.807, 2.05) is 30.3 Å². The van der Waals surface area contributed by atoms with Crippen LogP contribution >= 0.6 is 0 Å². The third kappa shape index (κ3) is 4.03. The van der Waals surface area contributed by atoms with E-state index in [2.05, 4.69) is 5.32 Å². The van der Waals surface area contributed by atoms with Crippen molar-refractivity contribution in [1.82, 2.24) is 10.2 Å². The number of hydrogen-bond acceptors (Lipinski definition) is 3. The summed E-state index contributed by atoms with van der Waals surface area (Å²) >= 11 is 0. The summed E-state index contributed by atoms with van der Waals surface area (Å²) in [6.07, 6.45) is 0.0256. The molecule has 1 heterocycles. The van der Waals surface area contributed by atoms with Gasteiger partial charge < -0.3 is 15.3 Å². The molecular formula is C21H21FN2O4. The van der Waals surface area contributed by atoms with Gasteiger partial charge in [-0.05, 0) is 30.2 Å². The average Bonchev–Trinajstić information content (AvgIpc) is 3.03. The fourth-order valence-corrected chi connectivity index (χ4v) is 3.29. The Morgan fingerprint density at radius 1 is 1.18 bits per heavy atom. The second-order valence-electron chi connectivity index (χ2n) is 7.09. The molecule has 28 heavy (non-hydrogen) atoms. The summed E-state index contributed by atoms with van der Waals surface area (Å²) in [4.78, 5) is 38.4. The molecule has 6 nitrogen and oxygen atoms in total. The predicted molar refractivity (Wildman–Crippen MR) is 99.5 cm³/mol. The summed E-state index contributed by atoms with van der Waals surface area (Å²) in [5.41, 5.74) is -0.514. The van der Waals surface area contributed by atoms with E-state index < -0.39 is 29.2 Å². The third-order valence-electron chi connectivity index (χ3n) is 5.02. The van der Waals surface area contributed by atoms with Gasteiger partial charge in [-0.2, -0.15) is 0 Å². The smallest absolute Gasteiger partial charge is 0.333 e. The zero-order valence-electron chi connectivity index (χ0n) is 15.4. The van der Waals surface area contributed by atoms with Crippen molar-refractivity contribution in [2.45, 2.75) is 25.4 Å². The van der Waals surface area contributed by atoms with Crippen molar-refractivity contribution in [3.8, 4) is 0 Å². The van der Waals surface area contributed by atoms with Crippen molar-refractivity contribution < 1.29 is 23.9 Å². The van der Waals surface area contributed by atoms with Crippen molar-refractivity contribution in [3.63, 3.8) is 0 Å². The van der Waals surface area contributed by atoms with Crippen molar-refractivity contribution in [2.75, 3.05) is 6.54 Å². The fourth-order valence-electron chi connectivity index (χ4n) is 3.29. The number of nitrogens with zero attached hydrogens (tertiary/aromatic N) is 1. The number of rotatable bonds is 6. The number of nitrogens with one attached hydrogen (secondary N) is 1. The van der Waals surface area contributed by atoms with Crippen molar-refractivity contribution in [2.24, 2.45) is 5.92 Å². The highest BCUT2D eigenvalue weighted by atomic mass is 19.1. The molecule has 7 heteroatoms. The maximum Gasteiger partial charge on any atom is 0.333 e. The topological polar surface area (TPSA) is 86.7 Å². The van der Waals surface area contributed by atoms with Crippen LogP contribution in [0, 0.1) is 11.7 Å². The van der Waals surface area contributed by atoms with Gasteiger partial charge >= 0.3 is 5.97 Å². The first-order valence-electron chi connectivity index (χ1n) is 8.93. The van der Waals surface area contributed by atoms with Gasteiger partial charge in [0, 0.05) is 19.5 Å². The van der Waals surface area contributed by atoms with Crippen molar-refractivity contribution >= 4 is 17.8 Å². The molecule has 3 rings (SSSR count). The molecule has 2 N–H and O–H groups in total. The fraction of sp³-hybridized carbons (Fsp3) is 0.286. The highest BCUT2D eigenvalue weighted by molar-refractivity contribution is 5.93. The lowest BCUT2D eigenvalue weighted by molar-refractivity contribution is -0.148. The number of halogens is 1. The van der Waals surface area contributed by atoms with Gasteiger partial charge in [0.25, 0.3) is 0 Å². The summed E-state index contributed by atoms with van der Waals surface area (Å²) in [5.74, 6) is -3.07. The van der Waals surface area contributed by atoms with Crippen LogP contribution in [-0.4, -0.2) is 34.3 Å². The van der Waals surface area contributed by atoms with Crippen LogP contribution in [0.15, 0.2) is 54.6 Å². The van der Waals surface area contributed by atoms with Crippen LogP contribution in [0.25, 0.3) is 0 Å². The molecule has 2 aromatic carbocycles. The molecule has 0 radical (unpaired) electrons. The van der Waals surface area contributed by atoms with Gasteiger partial charge in [0.15, 0.2) is 5.54 Å². The Morgan fingerprint density at radius 2 is 1.82 bits per heavy atom. The largest absolute Gasteiger partial charge is 0.479 e. The molecule has 2 unspecified atom stereocenters. The van der Waals surface area contributed by atoms with E-state index in [0.717, 1.165) is 17.7 Å². The maximum absolute atomic E-state index is 13.2. The van der Waals surface area contributed by atoms with E-state index in [1.54, 1.807) is 4.90 Å². The Balaban J connectivity index is 1.71. The number of hydrogen-bond donors (Lipinski definition) is 2. The second kappa shape index (κ2) is 7.80. The molecule has 1 aliphatic rings. The van der Waals surface area contributed by atoms with Crippen LogP contribution in [0.3, 0.4) is 0 Å². The summed E-state index contributed by atoms with van der Waals surface area (Å²) in [7, 11) is 0. The molecule has 2 atom stereocenters. The molecule has 1 saturated heterocycles. The van der Waals surface area contributed by atoms with E-state index >= 15 is 0 Å². The number of aliphatic carboxylic acids is 1. The number of amides is 2. The maximum atomic E-state index is 13.2. The van der Waals surface area contributed by atoms with Crippen LogP contribution < -0.4 is 5.32 Å². The third-order valence-corrected chi connectivity index (χ3v) is 5.02. The van der Waals surface area contributed by atoms with Gasteiger partial charge in [-0.3, -0.25) is 9.59 Å². The number of likely N-dealkylation sites (tertiary alicyclic amines) is 1. The van der Waals surface area contributed by atoms with E-state index in [4.69, 9.17) is 0 Å². The highest BCUT2D eigenvalue weighted by Crippen LogP contribution is 2.25. The van der Waals surface area contributed by atoms with Crippen LogP contribution in [0.1, 0.15) is 24.5 Å². The predicted octanol–water partition coefficient (Wildman–Crippen LogP) is 2.29. The highest BCUT2D eigenvalue weighted by Gasteiger charge is 2.41. The van der Waals surface area contributed by atoms with E-state index in [9.17, 15) is 23.9 Å². The Bertz CT molecular complexity index is 885. The number of carboxylic acids is 1. The van der Waals surface area contributed by atoms with Crippen LogP contribution in [-0.2, 0) is 26.5 Å². The molecule has 2 aromatic rings. The molecule has 1 fully saturated rings. The van der Waals surface area contributed by atoms with Gasteiger partial charge in [-0.1, -0.05) is 42.5 Å². The zero-order valence-corrected chi connectivity index (χ0v) is 15.4. The van der Waals surface area contributed by atoms with Gasteiger partial charge in [0.1, 0.15) is 5.82 Å². The molecule has 0 aliphatic carbocycles. The molecule has 0 aromatic heterocycles. The Labute approximate surface area is 162 Å². The molecular weight excluding hydrogens is 363 g/mol. The summed E-state index contributed by atoms with van der Waals surface area (Å²) in [6, 6.07) is 14.4. The summed E-state index contributed by atoms with van der Waals surface area (Å²) in [5, 5.41) is 12.2. The summed E-state index contributed by atoms with van der Waals surface area (Å²) in [6.45, 7) is 1.97. The molecule has 1 aliphatic heterocycles. The molecule has 2 amide bonds. The Hall–Kier alpha value is -3.22. The van der Waals surface area contributed by atoms with Crippen molar-refractivity contribution in [1.29, 1.82) is 0 Å². The first-order chi connectivity index (χ1) is 13.3. The number of carbonyl (C=O) groups is 3. The minimum Gasteiger partial charge on any atom is -0.479 e. The number of benzene rings is 2. The monoisotopic (exact) mass is 384 g/mol. The van der Waals surface area contributed by atoms with E-state index in [1.165, 1.54) is 19.1 Å². The Morgan fingerprint density at radius 3 is 2.43 bits per heavy atom. The second-order valence-corrected chi connectivity index (χ2v) is 7.09. The lowest BCUT2D eigenvalue weighted by Crippen LogP contribution is -2.51. The van der Waals surface area contributed by atoms with Gasteiger partial charge in [0.2, 0.25) is 11.8 Å².